The molecule has 0 radical (unpaired) electrons. The van der Waals surface area contributed by atoms with Crippen LogP contribution in [0, 0.1) is 6.92 Å². The Balaban J connectivity index is 2.13. The molecule has 1 aromatic heterocycles. The summed E-state index contributed by atoms with van der Waals surface area (Å²) in [7, 11) is 1.63. The molecule has 0 saturated heterocycles. The lowest BCUT2D eigenvalue weighted by atomic mass is 10.2. The van der Waals surface area contributed by atoms with Crippen molar-refractivity contribution in [3.8, 4) is 22.9 Å². The highest BCUT2D eigenvalue weighted by atomic mass is 79.9. The van der Waals surface area contributed by atoms with Crippen LogP contribution in [-0.4, -0.2) is 23.7 Å². The third-order valence-corrected chi connectivity index (χ3v) is 4.01. The molecule has 0 saturated carbocycles. The number of hydrogen-bond acceptors (Lipinski definition) is 3. The van der Waals surface area contributed by atoms with Crippen LogP contribution in [-0.2, 0) is 0 Å². The van der Waals surface area contributed by atoms with E-state index in [1.54, 1.807) is 7.11 Å². The summed E-state index contributed by atoms with van der Waals surface area (Å²) in [4.78, 5) is 8.01. The number of fused-ring (bicyclic) bond motifs is 1. The fourth-order valence-electron chi connectivity index (χ4n) is 2.43. The number of aromatic nitrogens is 2. The van der Waals surface area contributed by atoms with Crippen molar-refractivity contribution in [3.05, 3.63) is 40.4 Å². The summed E-state index contributed by atoms with van der Waals surface area (Å²) in [6.45, 7) is 4.59. The second-order valence-electron chi connectivity index (χ2n) is 5.03. The third kappa shape index (κ3) is 2.68. The maximum Gasteiger partial charge on any atom is 0.174 e. The van der Waals surface area contributed by atoms with E-state index >= 15 is 0 Å². The Hall–Kier alpha value is -2.01. The maximum atomic E-state index is 5.67. The van der Waals surface area contributed by atoms with Crippen molar-refractivity contribution in [2.75, 3.05) is 13.7 Å². The number of aryl methyl sites for hydroxylation is 1. The van der Waals surface area contributed by atoms with Gasteiger partial charge in [-0.2, -0.15) is 0 Å². The average Bonchev–Trinajstić information content (AvgIpc) is 2.90. The lowest BCUT2D eigenvalue weighted by Gasteiger charge is -2.12. The van der Waals surface area contributed by atoms with Crippen molar-refractivity contribution >= 4 is 27.0 Å². The summed E-state index contributed by atoms with van der Waals surface area (Å²) in [6, 6.07) is 10.1. The summed E-state index contributed by atoms with van der Waals surface area (Å²) < 4.78 is 11.9. The molecule has 0 aliphatic heterocycles. The number of halogens is 1. The molecule has 22 heavy (non-hydrogen) atoms. The van der Waals surface area contributed by atoms with Crippen LogP contribution in [0.5, 0.6) is 11.5 Å². The number of H-pyrrole nitrogens is 1. The number of benzene rings is 2. The molecule has 0 spiro atoms. The molecular weight excluding hydrogens is 344 g/mol. The molecule has 114 valence electrons. The van der Waals surface area contributed by atoms with Crippen LogP contribution in [0.25, 0.3) is 22.4 Å². The number of nitrogens with one attached hydrogen (secondary N) is 1. The van der Waals surface area contributed by atoms with Gasteiger partial charge in [0.1, 0.15) is 5.82 Å². The number of methoxy groups -OCH3 is 1. The Morgan fingerprint density at radius 2 is 2.05 bits per heavy atom. The Bertz CT molecular complexity index is 827. The van der Waals surface area contributed by atoms with Gasteiger partial charge in [-0.15, -0.1) is 0 Å². The molecular formula is C17H17BrN2O2. The Morgan fingerprint density at radius 3 is 2.77 bits per heavy atom. The van der Waals surface area contributed by atoms with Gasteiger partial charge in [0.05, 0.1) is 29.2 Å². The summed E-state index contributed by atoms with van der Waals surface area (Å²) in [5, 5.41) is 0. The zero-order valence-corrected chi connectivity index (χ0v) is 14.3. The molecule has 0 aliphatic rings. The van der Waals surface area contributed by atoms with Gasteiger partial charge in [0, 0.05) is 5.56 Å². The predicted octanol–water partition coefficient (Wildman–Crippen LogP) is 4.71. The molecule has 0 atom stereocenters. The van der Waals surface area contributed by atoms with Gasteiger partial charge >= 0.3 is 0 Å². The molecule has 0 bridgehead atoms. The second-order valence-corrected chi connectivity index (χ2v) is 5.88. The fourth-order valence-corrected chi connectivity index (χ4v) is 3.03. The molecule has 0 fully saturated rings. The van der Waals surface area contributed by atoms with Crippen LogP contribution in [0.1, 0.15) is 12.5 Å². The zero-order chi connectivity index (χ0) is 15.7. The summed E-state index contributed by atoms with van der Waals surface area (Å²) >= 11 is 3.53. The minimum absolute atomic E-state index is 0.575. The van der Waals surface area contributed by atoms with Gasteiger partial charge in [0.2, 0.25) is 0 Å². The highest BCUT2D eigenvalue weighted by molar-refractivity contribution is 9.10. The minimum atomic E-state index is 0.575. The van der Waals surface area contributed by atoms with Gasteiger partial charge in [-0.1, -0.05) is 6.07 Å². The fraction of sp³-hybridized carbons (Fsp3) is 0.235. The Morgan fingerprint density at radius 1 is 1.23 bits per heavy atom. The van der Waals surface area contributed by atoms with E-state index in [1.165, 1.54) is 5.56 Å². The summed E-state index contributed by atoms with van der Waals surface area (Å²) in [5.41, 5.74) is 4.13. The first-order chi connectivity index (χ1) is 10.6. The number of aromatic amines is 1. The molecule has 4 nitrogen and oxygen atoms in total. The van der Waals surface area contributed by atoms with Crippen molar-refractivity contribution in [2.24, 2.45) is 0 Å². The summed E-state index contributed by atoms with van der Waals surface area (Å²) in [5.74, 6) is 2.20. The van der Waals surface area contributed by atoms with Crippen molar-refractivity contribution in [1.29, 1.82) is 0 Å². The molecule has 3 aromatic rings. The van der Waals surface area contributed by atoms with Gasteiger partial charge in [-0.25, -0.2) is 4.98 Å². The lowest BCUT2D eigenvalue weighted by Crippen LogP contribution is -1.97. The molecule has 1 N–H and O–H groups in total. The topological polar surface area (TPSA) is 47.1 Å². The zero-order valence-electron chi connectivity index (χ0n) is 12.7. The van der Waals surface area contributed by atoms with Crippen LogP contribution in [0.15, 0.2) is 34.8 Å². The molecule has 0 amide bonds. The smallest absolute Gasteiger partial charge is 0.174 e. The van der Waals surface area contributed by atoms with Gasteiger partial charge in [-0.05, 0) is 59.6 Å². The first kappa shape index (κ1) is 14.9. The first-order valence-corrected chi connectivity index (χ1v) is 7.88. The molecule has 2 aromatic carbocycles. The van der Waals surface area contributed by atoms with Crippen molar-refractivity contribution in [2.45, 2.75) is 13.8 Å². The van der Waals surface area contributed by atoms with E-state index in [9.17, 15) is 0 Å². The molecule has 0 unspecified atom stereocenters. The quantitative estimate of drug-likeness (QED) is 0.732. The maximum absolute atomic E-state index is 5.67. The van der Waals surface area contributed by atoms with Crippen molar-refractivity contribution in [1.82, 2.24) is 9.97 Å². The van der Waals surface area contributed by atoms with Gasteiger partial charge in [-0.3, -0.25) is 0 Å². The second kappa shape index (κ2) is 6.01. The normalized spacial score (nSPS) is 10.9. The van der Waals surface area contributed by atoms with Gasteiger partial charge in [0.25, 0.3) is 0 Å². The van der Waals surface area contributed by atoms with Crippen molar-refractivity contribution < 1.29 is 9.47 Å². The van der Waals surface area contributed by atoms with E-state index in [1.807, 2.05) is 25.1 Å². The Labute approximate surface area is 137 Å². The van der Waals surface area contributed by atoms with E-state index in [4.69, 9.17) is 9.47 Å². The predicted molar refractivity (Wildman–Crippen MR) is 91.7 cm³/mol. The summed E-state index contributed by atoms with van der Waals surface area (Å²) in [6.07, 6.45) is 0. The standard InChI is InChI=1S/C17H17BrN2O2/c1-4-22-15-9-11(8-12(18)16(15)21-3)17-19-13-6-5-10(2)7-14(13)20-17/h5-9H,4H2,1-3H3,(H,19,20). The highest BCUT2D eigenvalue weighted by Gasteiger charge is 2.14. The SMILES string of the molecule is CCOc1cc(-c2nc3ccc(C)cc3[nH]2)cc(Br)c1OC. The number of nitrogens with zero attached hydrogens (tertiary/aromatic N) is 1. The number of hydrogen-bond donors (Lipinski definition) is 1. The monoisotopic (exact) mass is 360 g/mol. The van der Waals surface area contributed by atoms with E-state index in [2.05, 4.69) is 45.0 Å². The average molecular weight is 361 g/mol. The molecule has 5 heteroatoms. The molecule has 1 heterocycles. The molecule has 3 rings (SSSR count). The first-order valence-electron chi connectivity index (χ1n) is 7.09. The van der Waals surface area contributed by atoms with E-state index in [0.29, 0.717) is 18.1 Å². The van der Waals surface area contributed by atoms with Crippen LogP contribution in [0.3, 0.4) is 0 Å². The van der Waals surface area contributed by atoms with E-state index < -0.39 is 0 Å². The third-order valence-electron chi connectivity index (χ3n) is 3.42. The van der Waals surface area contributed by atoms with Crippen molar-refractivity contribution in [3.63, 3.8) is 0 Å². The number of imidazole rings is 1. The van der Waals surface area contributed by atoms with Crippen LogP contribution in [0.2, 0.25) is 0 Å². The van der Waals surface area contributed by atoms with Gasteiger partial charge in [0.15, 0.2) is 11.5 Å². The number of ether oxygens (including phenoxy) is 2. The van der Waals surface area contributed by atoms with Crippen LogP contribution < -0.4 is 9.47 Å². The van der Waals surface area contributed by atoms with Crippen LogP contribution in [0.4, 0.5) is 0 Å². The van der Waals surface area contributed by atoms with E-state index in [0.717, 1.165) is 26.9 Å². The van der Waals surface area contributed by atoms with Crippen LogP contribution >= 0.6 is 15.9 Å². The van der Waals surface area contributed by atoms with Gasteiger partial charge < -0.3 is 14.5 Å². The lowest BCUT2D eigenvalue weighted by molar-refractivity contribution is 0.310. The van der Waals surface area contributed by atoms with E-state index in [-0.39, 0.29) is 0 Å². The molecule has 0 aliphatic carbocycles. The minimum Gasteiger partial charge on any atom is -0.492 e. The highest BCUT2D eigenvalue weighted by Crippen LogP contribution is 2.39. The number of rotatable bonds is 4. The Kier molecular flexibility index (Phi) is 4.07. The largest absolute Gasteiger partial charge is 0.492 e.